The first-order chi connectivity index (χ1) is 11.4. The van der Waals surface area contributed by atoms with Crippen molar-refractivity contribution < 1.29 is 8.42 Å². The summed E-state index contributed by atoms with van der Waals surface area (Å²) in [7, 11) is -1.25. The Morgan fingerprint density at radius 2 is 1.68 bits per heavy atom. The summed E-state index contributed by atoms with van der Waals surface area (Å²) in [6.45, 7) is 3.47. The maximum absolute atomic E-state index is 11.3. The van der Waals surface area contributed by atoms with Gasteiger partial charge in [-0.3, -0.25) is 4.99 Å². The van der Waals surface area contributed by atoms with Crippen molar-refractivity contribution in [2.24, 2.45) is 4.99 Å². The summed E-state index contributed by atoms with van der Waals surface area (Å²) in [5, 5.41) is 8.64. The summed E-state index contributed by atoms with van der Waals surface area (Å²) < 4.78 is 22.6. The number of hydrogen-bond donors (Lipinski definition) is 2. The van der Waals surface area contributed by atoms with Crippen molar-refractivity contribution in [1.82, 2.24) is 10.6 Å². The second kappa shape index (κ2) is 10.1. The lowest BCUT2D eigenvalue weighted by atomic mass is 10.1. The fraction of sp³-hybridized carbons (Fsp3) is 0.353. The van der Waals surface area contributed by atoms with Crippen LogP contribution in [0.4, 0.5) is 0 Å². The number of sulfone groups is 1. The lowest BCUT2D eigenvalue weighted by Crippen LogP contribution is -2.36. The first-order valence-corrected chi connectivity index (χ1v) is 10.5. The van der Waals surface area contributed by atoms with Crippen LogP contribution in [0.2, 0.25) is 0 Å². The highest BCUT2D eigenvalue weighted by Crippen LogP contribution is 2.14. The van der Waals surface area contributed by atoms with Gasteiger partial charge in [0.15, 0.2) is 15.8 Å². The van der Waals surface area contributed by atoms with Crippen molar-refractivity contribution in [3.05, 3.63) is 57.3 Å². The van der Waals surface area contributed by atoms with E-state index < -0.39 is 9.84 Å². The van der Waals surface area contributed by atoms with E-state index in [1.165, 1.54) is 16.7 Å². The number of guanidine groups is 1. The largest absolute Gasteiger partial charge is 0.352 e. The smallest absolute Gasteiger partial charge is 0.191 e. The molecule has 0 atom stereocenters. The normalized spacial score (nSPS) is 11.7. The van der Waals surface area contributed by atoms with Gasteiger partial charge < -0.3 is 10.6 Å². The van der Waals surface area contributed by atoms with Gasteiger partial charge >= 0.3 is 0 Å². The van der Waals surface area contributed by atoms with E-state index >= 15 is 0 Å². The Morgan fingerprint density at radius 1 is 1.08 bits per heavy atom. The van der Waals surface area contributed by atoms with Crippen molar-refractivity contribution in [3.63, 3.8) is 0 Å². The molecule has 0 saturated carbocycles. The molecule has 0 aliphatic carbocycles. The fourth-order valence-electron chi connectivity index (χ4n) is 2.21. The first kappa shape index (κ1) is 21.9. The van der Waals surface area contributed by atoms with E-state index in [0.29, 0.717) is 6.54 Å². The Labute approximate surface area is 170 Å². The number of benzene rings is 1. The molecule has 0 radical (unpaired) electrons. The van der Waals surface area contributed by atoms with Gasteiger partial charge in [0.2, 0.25) is 0 Å². The quantitative estimate of drug-likeness (QED) is 0.369. The second-order valence-electron chi connectivity index (χ2n) is 5.69. The summed E-state index contributed by atoms with van der Waals surface area (Å²) in [5.41, 5.74) is 3.16. The van der Waals surface area contributed by atoms with E-state index in [9.17, 15) is 8.42 Å². The van der Waals surface area contributed by atoms with Crippen LogP contribution in [0.3, 0.4) is 0 Å². The molecule has 2 N–H and O–H groups in total. The Kier molecular flexibility index (Phi) is 8.87. The molecule has 138 valence electrons. The van der Waals surface area contributed by atoms with Crippen molar-refractivity contribution in [3.8, 4) is 0 Å². The summed E-state index contributed by atoms with van der Waals surface area (Å²) >= 11 is 1.73. The van der Waals surface area contributed by atoms with Crippen LogP contribution in [0.15, 0.2) is 40.7 Å². The maximum atomic E-state index is 11.3. The van der Waals surface area contributed by atoms with Gasteiger partial charge in [-0.05, 0) is 35.1 Å². The SMILES string of the molecule is CN=C(NCc1ccc(CS(C)(=O)=O)cc1)NCc1sccc1C.I. The van der Waals surface area contributed by atoms with Gasteiger partial charge in [-0.25, -0.2) is 8.42 Å². The van der Waals surface area contributed by atoms with Crippen molar-refractivity contribution in [2.45, 2.75) is 25.8 Å². The molecule has 0 bridgehead atoms. The molecule has 0 unspecified atom stereocenters. The van der Waals surface area contributed by atoms with Gasteiger partial charge in [-0.1, -0.05) is 24.3 Å². The molecule has 0 saturated heterocycles. The van der Waals surface area contributed by atoms with Gasteiger partial charge in [0.25, 0.3) is 0 Å². The zero-order valence-electron chi connectivity index (χ0n) is 14.6. The highest BCUT2D eigenvalue weighted by Gasteiger charge is 2.05. The third-order valence-electron chi connectivity index (χ3n) is 3.52. The molecule has 1 aromatic heterocycles. The molecular formula is C17H24IN3O2S2. The van der Waals surface area contributed by atoms with Crippen LogP contribution in [0.1, 0.15) is 21.6 Å². The summed E-state index contributed by atoms with van der Waals surface area (Å²) in [5.74, 6) is 0.812. The van der Waals surface area contributed by atoms with E-state index in [4.69, 9.17) is 0 Å². The van der Waals surface area contributed by atoms with Gasteiger partial charge in [-0.2, -0.15) is 0 Å². The van der Waals surface area contributed by atoms with Gasteiger partial charge in [-0.15, -0.1) is 35.3 Å². The number of nitrogens with zero attached hydrogens (tertiary/aromatic N) is 1. The van der Waals surface area contributed by atoms with E-state index in [1.54, 1.807) is 18.4 Å². The average molecular weight is 493 g/mol. The number of hydrogen-bond acceptors (Lipinski definition) is 4. The zero-order chi connectivity index (χ0) is 17.6. The molecule has 5 nitrogen and oxygen atoms in total. The highest BCUT2D eigenvalue weighted by atomic mass is 127. The molecule has 0 aliphatic rings. The molecular weight excluding hydrogens is 469 g/mol. The molecule has 2 aromatic rings. The zero-order valence-corrected chi connectivity index (χ0v) is 18.5. The van der Waals surface area contributed by atoms with Crippen molar-refractivity contribution in [2.75, 3.05) is 13.3 Å². The first-order valence-electron chi connectivity index (χ1n) is 7.60. The topological polar surface area (TPSA) is 70.6 Å². The van der Waals surface area contributed by atoms with Crippen LogP contribution in [-0.4, -0.2) is 27.7 Å². The van der Waals surface area contributed by atoms with Crippen LogP contribution in [-0.2, 0) is 28.7 Å². The highest BCUT2D eigenvalue weighted by molar-refractivity contribution is 14.0. The Morgan fingerprint density at radius 3 is 2.20 bits per heavy atom. The minimum absolute atomic E-state index is 0. The molecule has 0 fully saturated rings. The van der Waals surface area contributed by atoms with Crippen LogP contribution in [0.25, 0.3) is 0 Å². The lowest BCUT2D eigenvalue weighted by Gasteiger charge is -2.12. The van der Waals surface area contributed by atoms with Crippen LogP contribution < -0.4 is 10.6 Å². The minimum Gasteiger partial charge on any atom is -0.352 e. The Hall–Kier alpha value is -1.13. The standard InChI is InChI=1S/C17H23N3O2S2.HI/c1-13-8-9-23-16(13)11-20-17(18-2)19-10-14-4-6-15(7-5-14)12-24(3,21)22;/h4-9H,10-12H2,1-3H3,(H2,18,19,20);1H. The Balaban J connectivity index is 0.00000312. The summed E-state index contributed by atoms with van der Waals surface area (Å²) in [4.78, 5) is 5.51. The summed E-state index contributed by atoms with van der Waals surface area (Å²) in [6, 6.07) is 9.68. The van der Waals surface area contributed by atoms with Crippen LogP contribution in [0, 0.1) is 6.92 Å². The molecule has 1 aromatic carbocycles. The van der Waals surface area contributed by atoms with Gasteiger partial charge in [0.05, 0.1) is 12.3 Å². The lowest BCUT2D eigenvalue weighted by molar-refractivity contribution is 0.601. The Bertz CT molecular complexity index is 800. The van der Waals surface area contributed by atoms with E-state index in [0.717, 1.165) is 23.6 Å². The van der Waals surface area contributed by atoms with Gasteiger partial charge in [0.1, 0.15) is 0 Å². The second-order valence-corrected chi connectivity index (χ2v) is 8.83. The molecule has 2 rings (SSSR count). The predicted molar refractivity (Wildman–Crippen MR) is 116 cm³/mol. The number of aryl methyl sites for hydroxylation is 1. The van der Waals surface area contributed by atoms with E-state index in [-0.39, 0.29) is 29.7 Å². The molecule has 1 heterocycles. The maximum Gasteiger partial charge on any atom is 0.191 e. The number of rotatable bonds is 6. The van der Waals surface area contributed by atoms with Crippen LogP contribution >= 0.6 is 35.3 Å². The monoisotopic (exact) mass is 493 g/mol. The molecule has 0 spiro atoms. The minimum atomic E-state index is -3.00. The molecule has 0 aliphatic heterocycles. The van der Waals surface area contributed by atoms with Crippen molar-refractivity contribution in [1.29, 1.82) is 0 Å². The van der Waals surface area contributed by atoms with E-state index in [1.807, 2.05) is 24.3 Å². The number of nitrogens with one attached hydrogen (secondary N) is 2. The predicted octanol–water partition coefficient (Wildman–Crippen LogP) is 3.08. The number of thiophene rings is 1. The van der Waals surface area contributed by atoms with Crippen LogP contribution in [0.5, 0.6) is 0 Å². The summed E-state index contributed by atoms with van der Waals surface area (Å²) in [6.07, 6.45) is 1.24. The number of halogens is 1. The third-order valence-corrected chi connectivity index (χ3v) is 5.40. The number of aliphatic imine (C=N–C) groups is 1. The fourth-order valence-corrected chi connectivity index (χ4v) is 3.86. The third kappa shape index (κ3) is 7.74. The van der Waals surface area contributed by atoms with Crippen molar-refractivity contribution >= 4 is 51.1 Å². The average Bonchev–Trinajstić information content (AvgIpc) is 2.93. The molecule has 25 heavy (non-hydrogen) atoms. The van der Waals surface area contributed by atoms with Gasteiger partial charge in [0, 0.05) is 24.7 Å². The van der Waals surface area contributed by atoms with E-state index in [2.05, 4.69) is 34.0 Å². The molecule has 8 heteroatoms. The molecule has 0 amide bonds.